The highest BCUT2D eigenvalue weighted by molar-refractivity contribution is 5.94. The summed E-state index contributed by atoms with van der Waals surface area (Å²) < 4.78 is 66.1. The molecule has 0 bridgehead atoms. The van der Waals surface area contributed by atoms with Gasteiger partial charge in [0.2, 0.25) is 24.4 Å². The number of carboxylic acids is 1. The van der Waals surface area contributed by atoms with E-state index in [0.717, 1.165) is 21.0 Å². The fourth-order valence-corrected chi connectivity index (χ4v) is 10.7. The largest absolute Gasteiger partial charge is 0.477 e. The zero-order valence-electron chi connectivity index (χ0n) is 47.5. The topological polar surface area (TPSA) is 550 Å². The highest BCUT2D eigenvalue weighted by Crippen LogP contribution is 2.39. The Morgan fingerprint density at radius 2 is 1.20 bits per heavy atom. The Morgan fingerprint density at radius 1 is 0.670 bits per heavy atom. The Bertz CT molecular complexity index is 2450. The van der Waals surface area contributed by atoms with Gasteiger partial charge in [-0.1, -0.05) is 12.1 Å². The number of benzene rings is 1. The number of Topliss-reactive ketones (excluding diaryl/α,β-unsaturated/α-hetero) is 1. The van der Waals surface area contributed by atoms with Crippen molar-refractivity contribution in [3.8, 4) is 0 Å². The second-order valence-electron chi connectivity index (χ2n) is 21.3. The van der Waals surface area contributed by atoms with Gasteiger partial charge in [-0.3, -0.25) is 28.8 Å². The number of carboxylic acid groups (broad SMARTS) is 1. The fraction of sp³-hybridized carbons (Fsp3) is 0.750. The van der Waals surface area contributed by atoms with E-state index < -0.39 is 209 Å². The summed E-state index contributed by atoms with van der Waals surface area (Å²) in [5, 5.41) is 156. The monoisotopic (exact) mass is 1270 g/mol. The molecule has 5 heterocycles. The van der Waals surface area contributed by atoms with Crippen molar-refractivity contribution in [1.82, 2.24) is 16.0 Å². The van der Waals surface area contributed by atoms with Crippen molar-refractivity contribution < 1.29 is 162 Å². The number of nitrogens with one attached hydrogen (secondary N) is 3. The second-order valence-corrected chi connectivity index (χ2v) is 21.3. The third kappa shape index (κ3) is 17.2. The van der Waals surface area contributed by atoms with E-state index in [0.29, 0.717) is 18.4 Å². The number of hydrogen-bond donors (Lipinski definition) is 17. The number of amides is 3. The minimum Gasteiger partial charge on any atom is -0.477 e. The van der Waals surface area contributed by atoms with Gasteiger partial charge in [-0.25, -0.2) is 4.79 Å². The molecule has 0 aromatic heterocycles. The number of aliphatic carboxylic acids is 1. The van der Waals surface area contributed by atoms with Gasteiger partial charge in [0.1, 0.15) is 91.1 Å². The number of ether oxygens (including phenoxy) is 12. The highest BCUT2D eigenvalue weighted by atomic mass is 16.8. The van der Waals surface area contributed by atoms with Gasteiger partial charge in [0.05, 0.1) is 38.6 Å². The van der Waals surface area contributed by atoms with Crippen LogP contribution in [-0.2, 0) is 92.0 Å². The normalized spacial score (nSPS) is 38.3. The first-order valence-corrected chi connectivity index (χ1v) is 27.7. The molecule has 0 spiro atoms. The highest BCUT2D eigenvalue weighted by Gasteiger charge is 2.58. The molecule has 1 aromatic rings. The first-order valence-electron chi connectivity index (χ1n) is 27.7. The summed E-state index contributed by atoms with van der Waals surface area (Å²) >= 11 is 0. The van der Waals surface area contributed by atoms with E-state index in [1.807, 2.05) is 0 Å². The van der Waals surface area contributed by atoms with Gasteiger partial charge < -0.3 is 144 Å². The van der Waals surface area contributed by atoms with E-state index in [1.54, 1.807) is 12.1 Å². The average molecular weight is 1270 g/mol. The molecule has 5 fully saturated rings. The summed E-state index contributed by atoms with van der Waals surface area (Å²) in [6.45, 7) is -1.68. The lowest BCUT2D eigenvalue weighted by Gasteiger charge is -2.49. The summed E-state index contributed by atoms with van der Waals surface area (Å²) in [6, 6.07) is 2.89. The van der Waals surface area contributed by atoms with Crippen LogP contribution in [0.15, 0.2) is 24.3 Å². The summed E-state index contributed by atoms with van der Waals surface area (Å²) in [4.78, 5) is 86.0. The molecule has 17 N–H and O–H groups in total. The predicted molar refractivity (Wildman–Crippen MR) is 278 cm³/mol. The first-order chi connectivity index (χ1) is 41.8. The summed E-state index contributed by atoms with van der Waals surface area (Å²) in [7, 11) is 1.01. The minimum atomic E-state index is -2.39. The van der Waals surface area contributed by atoms with Crippen molar-refractivity contribution in [3.63, 3.8) is 0 Å². The zero-order valence-corrected chi connectivity index (χ0v) is 47.5. The van der Waals surface area contributed by atoms with Crippen molar-refractivity contribution in [2.75, 3.05) is 40.1 Å². The van der Waals surface area contributed by atoms with Crippen LogP contribution in [0.4, 0.5) is 0 Å². The van der Waals surface area contributed by atoms with Gasteiger partial charge in [0.25, 0.3) is 24.6 Å². The Kier molecular flexibility index (Phi) is 26.7. The summed E-state index contributed by atoms with van der Waals surface area (Å²) in [5.41, 5.74) is 0.909. The Morgan fingerprint density at radius 3 is 1.73 bits per heavy atom. The maximum atomic E-state index is 13.1. The maximum absolute atomic E-state index is 13.1. The van der Waals surface area contributed by atoms with Crippen molar-refractivity contribution in [2.45, 2.75) is 199 Å². The molecule has 5 aliphatic heterocycles. The van der Waals surface area contributed by atoms with Crippen LogP contribution in [0.2, 0.25) is 0 Å². The van der Waals surface area contributed by atoms with Gasteiger partial charge in [-0.05, 0) is 30.5 Å². The molecule has 36 nitrogen and oxygen atoms in total. The van der Waals surface area contributed by atoms with Crippen molar-refractivity contribution in [1.29, 1.82) is 0 Å². The quantitative estimate of drug-likeness (QED) is 0.0251. The lowest BCUT2D eigenvalue weighted by Crippen LogP contribution is -2.70. The first kappa shape index (κ1) is 71.9. The maximum Gasteiger partial charge on any atom is 0.364 e. The van der Waals surface area contributed by atoms with Crippen LogP contribution >= 0.6 is 0 Å². The van der Waals surface area contributed by atoms with E-state index >= 15 is 0 Å². The van der Waals surface area contributed by atoms with Crippen LogP contribution in [0, 0.1) is 5.92 Å². The molecule has 88 heavy (non-hydrogen) atoms. The number of hydrogen-bond acceptors (Lipinski definition) is 32. The van der Waals surface area contributed by atoms with Gasteiger partial charge in [0.15, 0.2) is 37.4 Å². The number of methoxy groups -OCH3 is 1. The van der Waals surface area contributed by atoms with Crippen LogP contribution in [-0.4, -0.2) is 307 Å². The summed E-state index contributed by atoms with van der Waals surface area (Å²) in [6.07, 6.45) is -41.9. The summed E-state index contributed by atoms with van der Waals surface area (Å²) in [5.74, 6) is -7.74. The van der Waals surface area contributed by atoms with Crippen molar-refractivity contribution >= 4 is 42.4 Å². The smallest absolute Gasteiger partial charge is 0.364 e. The molecule has 0 aliphatic carbocycles. The van der Waals surface area contributed by atoms with E-state index in [1.165, 1.54) is 12.1 Å². The molecule has 26 atom stereocenters. The molecule has 5 aliphatic rings. The SMILES string of the molecule is CO[C@]1(C(=O)O)CC(O)[C@@H](CC(=O)CCCc2ccc(C(=O)NCCO[C@@H]3OC(OC=O)[C@@H](O[C@H]4OC(CO)[C@@H](O[C@@H]5OC(OC=O)[C@@H](O[C@H]6OC(CO)[C@@H](O)C(O)[C@@H]6NC(C)=O)C(O)[C@@H]5O)C(O)[C@@H]4NC(C)=O)C(O)[C@@H]3O)cc2)C([C@H](O)[C@H](O)CO)O1. The lowest BCUT2D eigenvalue weighted by molar-refractivity contribution is -0.398. The van der Waals surface area contributed by atoms with Gasteiger partial charge >= 0.3 is 5.97 Å². The third-order valence-corrected chi connectivity index (χ3v) is 15.3. The molecule has 0 saturated carbocycles. The molecule has 3 amide bonds. The number of carbonyl (C=O) groups is 7. The predicted octanol–water partition coefficient (Wildman–Crippen LogP) is -9.54. The van der Waals surface area contributed by atoms with E-state index in [4.69, 9.17) is 56.8 Å². The molecule has 36 heteroatoms. The van der Waals surface area contributed by atoms with Crippen molar-refractivity contribution in [2.24, 2.45) is 5.92 Å². The molecule has 6 rings (SSSR count). The minimum absolute atomic E-state index is 0.0269. The van der Waals surface area contributed by atoms with Gasteiger partial charge in [0, 0.05) is 58.2 Å². The standard InChI is InChI=1S/C52H77N3O33/c1-20(61)54-30-34(68)33(67)28(16-57)81-45(30)84-43-37(71)39(73)48(87-50(43)80-19-60)83-41-29(17-58)82-46(31(35(41)69)55-21(2)62)85-42-36(70)38(72)47(86-49(42)79-18-59)78-12-11-53-44(74)23-9-7-22(8-10-23)5-4-6-24(63)13-25-26(64)14-52(77-3,51(75)76)88-40(25)32(66)27(65)15-56/h7-10,18-19,25-43,45-50,56-58,64-73H,4-6,11-17H2,1-3H3,(H,53,74)(H,54,61)(H,55,62)(H,75,76)/t25-,26?,27-,28?,29?,30+,31+,32-,33-,34?,35?,36?,37?,38+,39+,40?,41-,42+,43+,45-,46-,47-,48-,49?,50?,52-/m1/s1. The number of aliphatic hydroxyl groups excluding tert-OH is 13. The second kappa shape index (κ2) is 32.7. The van der Waals surface area contributed by atoms with Crippen LogP contribution in [0.5, 0.6) is 0 Å². The number of aliphatic hydroxyl groups is 13. The molecule has 10 unspecified atom stereocenters. The number of ketones is 1. The molecule has 5 saturated heterocycles. The lowest BCUT2D eigenvalue weighted by atomic mass is 9.80. The Hall–Kier alpha value is -5.21. The van der Waals surface area contributed by atoms with E-state index in [9.17, 15) is 105 Å². The molecular weight excluding hydrogens is 1190 g/mol. The third-order valence-electron chi connectivity index (χ3n) is 15.3. The molecule has 0 radical (unpaired) electrons. The van der Waals surface area contributed by atoms with Crippen LogP contribution < -0.4 is 16.0 Å². The Labute approximate surface area is 499 Å². The van der Waals surface area contributed by atoms with E-state index in [-0.39, 0.29) is 50.3 Å². The number of rotatable bonds is 30. The van der Waals surface area contributed by atoms with Crippen LogP contribution in [0.3, 0.4) is 0 Å². The van der Waals surface area contributed by atoms with Crippen molar-refractivity contribution in [3.05, 3.63) is 35.4 Å². The number of carbonyl (C=O) groups excluding carboxylic acids is 6. The number of aryl methyl sites for hydroxylation is 1. The molecule has 498 valence electrons. The Balaban J connectivity index is 1.01. The zero-order chi connectivity index (χ0) is 64.9. The van der Waals surface area contributed by atoms with Gasteiger partial charge in [-0.15, -0.1) is 0 Å². The average Bonchev–Trinajstić information content (AvgIpc) is 1.17. The molecule has 1 aromatic carbocycles. The van der Waals surface area contributed by atoms with Gasteiger partial charge in [-0.2, -0.15) is 0 Å². The van der Waals surface area contributed by atoms with Crippen LogP contribution in [0.25, 0.3) is 0 Å². The van der Waals surface area contributed by atoms with E-state index in [2.05, 4.69) is 16.0 Å². The fourth-order valence-electron chi connectivity index (χ4n) is 10.7. The molecular formula is C52H77N3O33. The van der Waals surface area contributed by atoms with Crippen LogP contribution in [0.1, 0.15) is 55.5 Å².